The van der Waals surface area contributed by atoms with E-state index in [0.717, 1.165) is 19.3 Å². The van der Waals surface area contributed by atoms with E-state index in [2.05, 4.69) is 5.32 Å². The summed E-state index contributed by atoms with van der Waals surface area (Å²) in [7, 11) is 1.71. The van der Waals surface area contributed by atoms with Crippen LogP contribution in [0, 0.1) is 0 Å². The number of hydrogen-bond donors (Lipinski definition) is 2. The van der Waals surface area contributed by atoms with E-state index in [1.165, 1.54) is 0 Å². The summed E-state index contributed by atoms with van der Waals surface area (Å²) in [6.07, 6.45) is 2.92. The number of carboxylic acids is 1. The molecule has 0 aliphatic heterocycles. The number of amides is 2. The summed E-state index contributed by atoms with van der Waals surface area (Å²) in [6, 6.07) is -0.935. The predicted octanol–water partition coefficient (Wildman–Crippen LogP) is 2.07. The Morgan fingerprint density at radius 1 is 1.24 bits per heavy atom. The van der Waals surface area contributed by atoms with Crippen LogP contribution in [0.1, 0.15) is 46.5 Å². The number of urea groups is 1. The number of rotatable bonds is 7. The van der Waals surface area contributed by atoms with Crippen molar-refractivity contribution in [2.45, 2.75) is 58.5 Å². The van der Waals surface area contributed by atoms with Gasteiger partial charge in [0.15, 0.2) is 0 Å². The molecule has 0 fully saturated rings. The lowest BCUT2D eigenvalue weighted by Gasteiger charge is -2.28. The highest BCUT2D eigenvalue weighted by molar-refractivity contribution is 5.82. The van der Waals surface area contributed by atoms with Crippen LogP contribution < -0.4 is 5.32 Å². The average molecular weight is 244 g/mol. The zero-order valence-corrected chi connectivity index (χ0v) is 11.2. The molecule has 0 aromatic carbocycles. The van der Waals surface area contributed by atoms with E-state index in [-0.39, 0.29) is 12.1 Å². The summed E-state index contributed by atoms with van der Waals surface area (Å²) < 4.78 is 0. The Morgan fingerprint density at radius 2 is 1.76 bits per heavy atom. The monoisotopic (exact) mass is 244 g/mol. The second kappa shape index (κ2) is 7.92. The zero-order chi connectivity index (χ0) is 13.4. The maximum absolute atomic E-state index is 11.8. The van der Waals surface area contributed by atoms with Crippen molar-refractivity contribution < 1.29 is 14.7 Å². The number of carbonyl (C=O) groups is 2. The van der Waals surface area contributed by atoms with Gasteiger partial charge in [-0.3, -0.25) is 0 Å². The smallest absolute Gasteiger partial charge is 0.326 e. The van der Waals surface area contributed by atoms with E-state index in [9.17, 15) is 9.59 Å². The maximum atomic E-state index is 11.8. The van der Waals surface area contributed by atoms with Crippen LogP contribution in [0.15, 0.2) is 0 Å². The van der Waals surface area contributed by atoms with Gasteiger partial charge >= 0.3 is 12.0 Å². The summed E-state index contributed by atoms with van der Waals surface area (Å²) in [5.74, 6) is -0.974. The third kappa shape index (κ3) is 5.06. The van der Waals surface area contributed by atoms with Crippen molar-refractivity contribution in [3.05, 3.63) is 0 Å². The van der Waals surface area contributed by atoms with Gasteiger partial charge in [0.2, 0.25) is 0 Å². The molecule has 0 bridgehead atoms. The molecule has 0 heterocycles. The van der Waals surface area contributed by atoms with Crippen molar-refractivity contribution in [3.63, 3.8) is 0 Å². The van der Waals surface area contributed by atoms with Crippen LogP contribution in [0.4, 0.5) is 4.79 Å². The van der Waals surface area contributed by atoms with Gasteiger partial charge in [-0.2, -0.15) is 0 Å². The molecule has 1 atom stereocenters. The lowest BCUT2D eigenvalue weighted by Crippen LogP contribution is -2.49. The molecule has 0 aromatic heterocycles. The Labute approximate surface area is 103 Å². The third-order valence-electron chi connectivity index (χ3n) is 2.98. The number of hydrogen-bond acceptors (Lipinski definition) is 2. The van der Waals surface area contributed by atoms with Crippen LogP contribution in [-0.4, -0.2) is 41.1 Å². The molecular formula is C12H24N2O3. The van der Waals surface area contributed by atoms with E-state index in [0.29, 0.717) is 6.42 Å². The molecule has 0 aliphatic rings. The molecule has 0 unspecified atom stereocenters. The molecule has 5 heteroatoms. The van der Waals surface area contributed by atoms with E-state index >= 15 is 0 Å². The molecule has 0 aromatic rings. The predicted molar refractivity (Wildman–Crippen MR) is 67.0 cm³/mol. The molecule has 0 rings (SSSR count). The quantitative estimate of drug-likeness (QED) is 0.720. The molecule has 100 valence electrons. The van der Waals surface area contributed by atoms with Crippen LogP contribution in [0.3, 0.4) is 0 Å². The van der Waals surface area contributed by atoms with Crippen LogP contribution in [-0.2, 0) is 4.79 Å². The van der Waals surface area contributed by atoms with E-state index in [1.807, 2.05) is 20.8 Å². The maximum Gasteiger partial charge on any atom is 0.326 e. The number of carboxylic acid groups (broad SMARTS) is 1. The Balaban J connectivity index is 4.44. The topological polar surface area (TPSA) is 69.6 Å². The van der Waals surface area contributed by atoms with Crippen molar-refractivity contribution in [3.8, 4) is 0 Å². The Bertz CT molecular complexity index is 252. The largest absolute Gasteiger partial charge is 0.480 e. The Kier molecular flexibility index (Phi) is 7.34. The van der Waals surface area contributed by atoms with E-state index < -0.39 is 12.0 Å². The first-order valence-corrected chi connectivity index (χ1v) is 6.23. The van der Waals surface area contributed by atoms with Gasteiger partial charge < -0.3 is 15.3 Å². The van der Waals surface area contributed by atoms with E-state index in [4.69, 9.17) is 5.11 Å². The SMILES string of the molecule is CCC[C@H](NC(=O)N(C)C(CC)CC)C(=O)O. The highest BCUT2D eigenvalue weighted by Gasteiger charge is 2.23. The average Bonchev–Trinajstić information content (AvgIpc) is 2.29. The highest BCUT2D eigenvalue weighted by atomic mass is 16.4. The molecule has 0 aliphatic carbocycles. The molecule has 0 saturated heterocycles. The molecular weight excluding hydrogens is 220 g/mol. The summed E-state index contributed by atoms with van der Waals surface area (Å²) in [6.45, 7) is 5.92. The fourth-order valence-corrected chi connectivity index (χ4v) is 1.80. The Morgan fingerprint density at radius 3 is 2.12 bits per heavy atom. The van der Waals surface area contributed by atoms with Gasteiger partial charge in [0.05, 0.1) is 0 Å². The molecule has 2 N–H and O–H groups in total. The number of carbonyl (C=O) groups excluding carboxylic acids is 1. The zero-order valence-electron chi connectivity index (χ0n) is 11.2. The fourth-order valence-electron chi connectivity index (χ4n) is 1.80. The first kappa shape index (κ1) is 15.7. The van der Waals surface area contributed by atoms with Gasteiger partial charge in [-0.1, -0.05) is 27.2 Å². The van der Waals surface area contributed by atoms with Crippen LogP contribution in [0.25, 0.3) is 0 Å². The first-order valence-electron chi connectivity index (χ1n) is 6.23. The minimum atomic E-state index is -0.974. The standard InChI is InChI=1S/C12H24N2O3/c1-5-8-10(11(15)16)13-12(17)14(4)9(6-2)7-3/h9-10H,5-8H2,1-4H3,(H,13,17)(H,15,16)/t10-/m0/s1. The van der Waals surface area contributed by atoms with Crippen molar-refractivity contribution in [2.75, 3.05) is 7.05 Å². The first-order chi connectivity index (χ1) is 7.97. The van der Waals surface area contributed by atoms with Gasteiger partial charge in [0.25, 0.3) is 0 Å². The van der Waals surface area contributed by atoms with Crippen molar-refractivity contribution in [2.24, 2.45) is 0 Å². The fraction of sp³-hybridized carbons (Fsp3) is 0.833. The summed E-state index contributed by atoms with van der Waals surface area (Å²) in [5, 5.41) is 11.5. The third-order valence-corrected chi connectivity index (χ3v) is 2.98. The molecule has 0 saturated carbocycles. The number of nitrogens with zero attached hydrogens (tertiary/aromatic N) is 1. The van der Waals surface area contributed by atoms with Crippen LogP contribution in [0.5, 0.6) is 0 Å². The van der Waals surface area contributed by atoms with Gasteiger partial charge in [-0.25, -0.2) is 9.59 Å². The van der Waals surface area contributed by atoms with Crippen molar-refractivity contribution in [1.29, 1.82) is 0 Å². The lowest BCUT2D eigenvalue weighted by atomic mass is 10.1. The molecule has 17 heavy (non-hydrogen) atoms. The van der Waals surface area contributed by atoms with E-state index in [1.54, 1.807) is 11.9 Å². The molecule has 0 spiro atoms. The van der Waals surface area contributed by atoms with Gasteiger partial charge in [-0.05, 0) is 19.3 Å². The van der Waals surface area contributed by atoms with Gasteiger partial charge in [0.1, 0.15) is 6.04 Å². The lowest BCUT2D eigenvalue weighted by molar-refractivity contribution is -0.139. The van der Waals surface area contributed by atoms with Crippen molar-refractivity contribution in [1.82, 2.24) is 10.2 Å². The van der Waals surface area contributed by atoms with Crippen molar-refractivity contribution >= 4 is 12.0 Å². The van der Waals surface area contributed by atoms with Crippen LogP contribution in [0.2, 0.25) is 0 Å². The molecule has 5 nitrogen and oxygen atoms in total. The second-order valence-corrected chi connectivity index (χ2v) is 4.21. The minimum Gasteiger partial charge on any atom is -0.480 e. The van der Waals surface area contributed by atoms with Gasteiger partial charge in [-0.15, -0.1) is 0 Å². The molecule has 0 radical (unpaired) electrons. The normalized spacial score (nSPS) is 12.3. The minimum absolute atomic E-state index is 0.158. The number of nitrogens with one attached hydrogen (secondary N) is 1. The summed E-state index contributed by atoms with van der Waals surface area (Å²) >= 11 is 0. The summed E-state index contributed by atoms with van der Waals surface area (Å²) in [4.78, 5) is 24.4. The van der Waals surface area contributed by atoms with Gasteiger partial charge in [0, 0.05) is 13.1 Å². The second-order valence-electron chi connectivity index (χ2n) is 4.21. The molecule has 2 amide bonds. The Hall–Kier alpha value is -1.26. The van der Waals surface area contributed by atoms with Crippen LogP contribution >= 0.6 is 0 Å². The highest BCUT2D eigenvalue weighted by Crippen LogP contribution is 2.07. The summed E-state index contributed by atoms with van der Waals surface area (Å²) in [5.41, 5.74) is 0. The number of aliphatic carboxylic acids is 1.